The summed E-state index contributed by atoms with van der Waals surface area (Å²) in [6, 6.07) is 0. The lowest BCUT2D eigenvalue weighted by Crippen LogP contribution is -2.26. The molecule has 0 bridgehead atoms. The van der Waals surface area contributed by atoms with Crippen molar-refractivity contribution in [2.45, 2.75) is 93.9 Å². The minimum Gasteiger partial charge on any atom is -0.460 e. The molecule has 0 fully saturated rings. The monoisotopic (exact) mass is 390 g/mol. The third-order valence-electron chi connectivity index (χ3n) is 5.88. The molecule has 0 saturated carbocycles. The van der Waals surface area contributed by atoms with Crippen molar-refractivity contribution in [3.8, 4) is 0 Å². The molecule has 0 aromatic heterocycles. The molecule has 0 aliphatic heterocycles. The number of unbranched alkanes of at least 4 members (excludes halogenated alkanes) is 1. The van der Waals surface area contributed by atoms with Crippen LogP contribution in [0.1, 0.15) is 93.9 Å². The number of rotatable bonds is 9. The molecule has 0 radical (unpaired) electrons. The average molecular weight is 391 g/mol. The van der Waals surface area contributed by atoms with E-state index in [1.54, 1.807) is 0 Å². The van der Waals surface area contributed by atoms with Crippen LogP contribution in [0.2, 0.25) is 0 Å². The summed E-state index contributed by atoms with van der Waals surface area (Å²) in [5, 5.41) is 0. The van der Waals surface area contributed by atoms with E-state index in [1.165, 1.54) is 5.57 Å². The first-order valence-electron chi connectivity index (χ1n) is 11.0. The van der Waals surface area contributed by atoms with Crippen molar-refractivity contribution < 1.29 is 14.3 Å². The second-order valence-electron chi connectivity index (χ2n) is 10.5. The molecule has 2 atom stereocenters. The van der Waals surface area contributed by atoms with Gasteiger partial charge in [0, 0.05) is 6.42 Å². The van der Waals surface area contributed by atoms with Crippen LogP contribution in [0.5, 0.6) is 0 Å². The normalized spacial score (nSPS) is 18.9. The molecule has 0 aromatic carbocycles. The molecule has 3 nitrogen and oxygen atoms in total. The van der Waals surface area contributed by atoms with E-state index in [0.29, 0.717) is 18.4 Å². The summed E-state index contributed by atoms with van der Waals surface area (Å²) in [5.41, 5.74) is 2.47. The zero-order chi connectivity index (χ0) is 21.5. The van der Waals surface area contributed by atoms with Gasteiger partial charge in [0.2, 0.25) is 5.78 Å². The van der Waals surface area contributed by atoms with Crippen LogP contribution in [0.15, 0.2) is 23.3 Å². The molecule has 0 amide bonds. The molecule has 0 saturated heterocycles. The topological polar surface area (TPSA) is 43.4 Å². The number of hydrogen-bond donors (Lipinski definition) is 0. The Morgan fingerprint density at radius 3 is 2.29 bits per heavy atom. The van der Waals surface area contributed by atoms with Gasteiger partial charge in [-0.25, -0.2) is 4.79 Å². The van der Waals surface area contributed by atoms with Crippen molar-refractivity contribution in [1.29, 1.82) is 0 Å². The number of ketones is 1. The number of hydrogen-bond acceptors (Lipinski definition) is 3. The highest BCUT2D eigenvalue weighted by Gasteiger charge is 2.31. The van der Waals surface area contributed by atoms with Crippen molar-refractivity contribution in [3.63, 3.8) is 0 Å². The summed E-state index contributed by atoms with van der Waals surface area (Å²) in [6.07, 6.45) is 9.74. The Bertz CT molecular complexity index is 596. The number of Topliss-reactive ketones (excluding diaryl/α,β-unsaturated/α-hetero) is 1. The van der Waals surface area contributed by atoms with Crippen molar-refractivity contribution in [1.82, 2.24) is 0 Å². The van der Waals surface area contributed by atoms with E-state index >= 15 is 0 Å². The van der Waals surface area contributed by atoms with E-state index in [4.69, 9.17) is 4.74 Å². The van der Waals surface area contributed by atoms with Crippen LogP contribution < -0.4 is 0 Å². The first-order chi connectivity index (χ1) is 12.9. The van der Waals surface area contributed by atoms with Gasteiger partial charge in [-0.1, -0.05) is 92.4 Å². The molecule has 1 rings (SSSR count). The minimum atomic E-state index is -0.681. The number of carbonyl (C=O) groups excluding carboxylic acids is 2. The molecule has 3 heteroatoms. The molecular weight excluding hydrogens is 348 g/mol. The SMILES string of the molecule is CCCCC(CC)COC(=O)C(=O)CC1=CC(C(C)(C)C)CC(C(C)(C)C)=C1. The predicted molar refractivity (Wildman–Crippen MR) is 117 cm³/mol. The zero-order valence-corrected chi connectivity index (χ0v) is 19.5. The largest absolute Gasteiger partial charge is 0.460 e. The third-order valence-corrected chi connectivity index (χ3v) is 5.88. The molecule has 1 aliphatic carbocycles. The molecule has 160 valence electrons. The maximum atomic E-state index is 12.5. The van der Waals surface area contributed by atoms with Gasteiger partial charge in [0.1, 0.15) is 0 Å². The average Bonchev–Trinajstić information content (AvgIpc) is 2.59. The Kier molecular flexibility index (Phi) is 9.17. The molecular formula is C25H42O3. The van der Waals surface area contributed by atoms with Gasteiger partial charge < -0.3 is 4.74 Å². The summed E-state index contributed by atoms with van der Waals surface area (Å²) < 4.78 is 5.35. The van der Waals surface area contributed by atoms with Gasteiger partial charge in [-0.15, -0.1) is 0 Å². The highest BCUT2D eigenvalue weighted by Crippen LogP contribution is 2.42. The molecule has 28 heavy (non-hydrogen) atoms. The summed E-state index contributed by atoms with van der Waals surface area (Å²) in [6.45, 7) is 17.9. The fraction of sp³-hybridized carbons (Fsp3) is 0.760. The fourth-order valence-electron chi connectivity index (χ4n) is 3.50. The Hall–Kier alpha value is -1.38. The summed E-state index contributed by atoms with van der Waals surface area (Å²) in [5.74, 6) is -0.401. The summed E-state index contributed by atoms with van der Waals surface area (Å²) in [7, 11) is 0. The molecule has 2 unspecified atom stereocenters. The van der Waals surface area contributed by atoms with E-state index in [2.05, 4.69) is 67.5 Å². The van der Waals surface area contributed by atoms with Crippen molar-refractivity contribution in [2.24, 2.45) is 22.7 Å². The maximum Gasteiger partial charge on any atom is 0.374 e. The second kappa shape index (κ2) is 10.4. The Labute approximate surface area is 173 Å². The van der Waals surface area contributed by atoms with E-state index < -0.39 is 11.8 Å². The fourth-order valence-corrected chi connectivity index (χ4v) is 3.50. The van der Waals surface area contributed by atoms with Crippen molar-refractivity contribution >= 4 is 11.8 Å². The van der Waals surface area contributed by atoms with Crippen LogP contribution in [0, 0.1) is 22.7 Å². The van der Waals surface area contributed by atoms with Gasteiger partial charge in [0.05, 0.1) is 6.61 Å². The smallest absolute Gasteiger partial charge is 0.374 e. The quantitative estimate of drug-likeness (QED) is 0.326. The lowest BCUT2D eigenvalue weighted by molar-refractivity contribution is -0.154. The van der Waals surface area contributed by atoms with Crippen molar-refractivity contribution in [3.05, 3.63) is 23.3 Å². The van der Waals surface area contributed by atoms with Crippen LogP contribution in [0.25, 0.3) is 0 Å². The van der Waals surface area contributed by atoms with E-state index in [0.717, 1.165) is 37.7 Å². The summed E-state index contributed by atoms with van der Waals surface area (Å²) >= 11 is 0. The highest BCUT2D eigenvalue weighted by atomic mass is 16.5. The third kappa shape index (κ3) is 7.93. The van der Waals surface area contributed by atoms with Crippen LogP contribution in [0.3, 0.4) is 0 Å². The van der Waals surface area contributed by atoms with Crippen LogP contribution in [-0.2, 0) is 14.3 Å². The molecule has 0 N–H and O–H groups in total. The van der Waals surface area contributed by atoms with Crippen LogP contribution >= 0.6 is 0 Å². The van der Waals surface area contributed by atoms with E-state index in [9.17, 15) is 9.59 Å². The van der Waals surface area contributed by atoms with Gasteiger partial charge >= 0.3 is 5.97 Å². The first kappa shape index (κ1) is 24.7. The Balaban J connectivity index is 2.79. The number of ether oxygens (including phenoxy) is 1. The molecule has 0 aromatic rings. The standard InChI is InChI=1S/C25H42O3/c1-9-11-12-18(10-2)17-28-23(27)22(26)15-19-13-20(24(3,4)5)16-21(14-19)25(6,7)8/h13-14,18,20H,9-12,15-17H2,1-8H3. The summed E-state index contributed by atoms with van der Waals surface area (Å²) in [4.78, 5) is 24.7. The van der Waals surface area contributed by atoms with Gasteiger partial charge in [-0.3, -0.25) is 4.79 Å². The molecule has 0 heterocycles. The van der Waals surface area contributed by atoms with E-state index in [1.807, 2.05) is 0 Å². The van der Waals surface area contributed by atoms with Crippen molar-refractivity contribution in [2.75, 3.05) is 6.61 Å². The van der Waals surface area contributed by atoms with E-state index in [-0.39, 0.29) is 17.3 Å². The van der Waals surface area contributed by atoms with Gasteiger partial charge in [-0.2, -0.15) is 0 Å². The Morgan fingerprint density at radius 1 is 1.14 bits per heavy atom. The van der Waals surface area contributed by atoms with Gasteiger partial charge in [0.15, 0.2) is 0 Å². The number of esters is 1. The maximum absolute atomic E-state index is 12.5. The van der Waals surface area contributed by atoms with Crippen LogP contribution in [-0.4, -0.2) is 18.4 Å². The molecule has 0 spiro atoms. The predicted octanol–water partition coefficient (Wildman–Crippen LogP) is 6.67. The lowest BCUT2D eigenvalue weighted by Gasteiger charge is -2.36. The zero-order valence-electron chi connectivity index (χ0n) is 19.5. The lowest BCUT2D eigenvalue weighted by atomic mass is 9.69. The second-order valence-corrected chi connectivity index (χ2v) is 10.5. The highest BCUT2D eigenvalue weighted by molar-refractivity contribution is 6.34. The van der Waals surface area contributed by atoms with Gasteiger partial charge in [-0.05, 0) is 41.1 Å². The van der Waals surface area contributed by atoms with Crippen LogP contribution in [0.4, 0.5) is 0 Å². The first-order valence-corrected chi connectivity index (χ1v) is 11.0. The number of allylic oxidation sites excluding steroid dienone is 4. The Morgan fingerprint density at radius 2 is 1.79 bits per heavy atom. The molecule has 1 aliphatic rings. The number of carbonyl (C=O) groups is 2. The van der Waals surface area contributed by atoms with Gasteiger partial charge in [0.25, 0.3) is 0 Å². The minimum absolute atomic E-state index is 0.0557.